The Morgan fingerprint density at radius 2 is 1.85 bits per heavy atom. The number of halogens is 1. The minimum atomic E-state index is -1.11. The fraction of sp³-hybridized carbons (Fsp3) is 0.263. The van der Waals surface area contributed by atoms with Crippen molar-refractivity contribution in [3.05, 3.63) is 51.5 Å². The van der Waals surface area contributed by atoms with Crippen molar-refractivity contribution in [3.63, 3.8) is 0 Å². The SMILES string of the molecule is COc1cc(CN2CCOc3c(Br)cc(C(=O)O)cc3C2=O)cc(OC)c1. The lowest BCUT2D eigenvalue weighted by Gasteiger charge is -2.21. The number of fused-ring (bicyclic) bond motifs is 1. The van der Waals surface area contributed by atoms with Crippen LogP contribution in [0.5, 0.6) is 17.2 Å². The Kier molecular flexibility index (Phi) is 5.55. The first-order valence-corrected chi connectivity index (χ1v) is 8.93. The molecule has 7 nitrogen and oxygen atoms in total. The summed E-state index contributed by atoms with van der Waals surface area (Å²) in [7, 11) is 3.12. The fourth-order valence-corrected chi connectivity index (χ4v) is 3.46. The number of ether oxygens (including phenoxy) is 3. The molecule has 3 rings (SSSR count). The van der Waals surface area contributed by atoms with Crippen molar-refractivity contribution in [1.29, 1.82) is 0 Å². The van der Waals surface area contributed by atoms with Crippen molar-refractivity contribution >= 4 is 27.8 Å². The van der Waals surface area contributed by atoms with Crippen LogP contribution in [-0.2, 0) is 6.54 Å². The van der Waals surface area contributed by atoms with Gasteiger partial charge in [-0.05, 0) is 45.8 Å². The van der Waals surface area contributed by atoms with E-state index in [2.05, 4.69) is 15.9 Å². The molecule has 0 aromatic heterocycles. The predicted molar refractivity (Wildman–Crippen MR) is 101 cm³/mol. The van der Waals surface area contributed by atoms with Gasteiger partial charge in [-0.25, -0.2) is 4.79 Å². The van der Waals surface area contributed by atoms with Crippen LogP contribution in [-0.4, -0.2) is 49.3 Å². The van der Waals surface area contributed by atoms with Crippen LogP contribution >= 0.6 is 15.9 Å². The number of carboxylic acids is 1. The third-order valence-electron chi connectivity index (χ3n) is 4.20. The average molecular weight is 436 g/mol. The van der Waals surface area contributed by atoms with Gasteiger partial charge in [-0.2, -0.15) is 0 Å². The van der Waals surface area contributed by atoms with Crippen molar-refractivity contribution < 1.29 is 28.9 Å². The number of hydrogen-bond acceptors (Lipinski definition) is 5. The third-order valence-corrected chi connectivity index (χ3v) is 4.79. The molecular formula is C19H18BrNO6. The molecule has 2 aromatic rings. The number of carboxylic acid groups (broad SMARTS) is 1. The van der Waals surface area contributed by atoms with Crippen LogP contribution in [0, 0.1) is 0 Å². The molecule has 0 fully saturated rings. The van der Waals surface area contributed by atoms with Gasteiger partial charge in [-0.15, -0.1) is 0 Å². The molecular weight excluding hydrogens is 418 g/mol. The zero-order valence-electron chi connectivity index (χ0n) is 14.8. The molecule has 0 saturated carbocycles. The molecule has 0 saturated heterocycles. The van der Waals surface area contributed by atoms with E-state index < -0.39 is 5.97 Å². The monoisotopic (exact) mass is 435 g/mol. The average Bonchev–Trinajstić information content (AvgIpc) is 2.81. The van der Waals surface area contributed by atoms with Gasteiger partial charge in [0.1, 0.15) is 23.9 Å². The molecule has 0 radical (unpaired) electrons. The summed E-state index contributed by atoms with van der Waals surface area (Å²) in [6.45, 7) is 0.969. The standard InChI is InChI=1S/C19H18BrNO6/c1-25-13-5-11(6-14(9-13)26-2)10-21-3-4-27-17-15(18(21)22)7-12(19(23)24)8-16(17)20/h5-9H,3-4,10H2,1-2H3,(H,23,24). The van der Waals surface area contributed by atoms with Gasteiger partial charge in [0.05, 0.1) is 36.4 Å². The zero-order valence-corrected chi connectivity index (χ0v) is 16.4. The first-order valence-electron chi connectivity index (χ1n) is 8.13. The second-order valence-electron chi connectivity index (χ2n) is 5.94. The van der Waals surface area contributed by atoms with Crippen molar-refractivity contribution in [2.75, 3.05) is 27.4 Å². The lowest BCUT2D eigenvalue weighted by atomic mass is 10.1. The first-order chi connectivity index (χ1) is 12.9. The second kappa shape index (κ2) is 7.87. The van der Waals surface area contributed by atoms with Crippen LogP contribution in [0.15, 0.2) is 34.8 Å². The van der Waals surface area contributed by atoms with Crippen LogP contribution in [0.3, 0.4) is 0 Å². The number of nitrogens with zero attached hydrogens (tertiary/aromatic N) is 1. The summed E-state index contributed by atoms with van der Waals surface area (Å²) >= 11 is 3.30. The molecule has 0 bridgehead atoms. The molecule has 8 heteroatoms. The zero-order chi connectivity index (χ0) is 19.6. The molecule has 1 amide bonds. The molecule has 2 aromatic carbocycles. The Labute approximate surface area is 164 Å². The van der Waals surface area contributed by atoms with E-state index in [0.717, 1.165) is 5.56 Å². The summed E-state index contributed by atoms with van der Waals surface area (Å²) in [4.78, 5) is 26.0. The highest BCUT2D eigenvalue weighted by molar-refractivity contribution is 9.10. The summed E-state index contributed by atoms with van der Waals surface area (Å²) in [5.41, 5.74) is 1.06. The highest BCUT2D eigenvalue weighted by atomic mass is 79.9. The van der Waals surface area contributed by atoms with E-state index in [4.69, 9.17) is 14.2 Å². The number of carbonyl (C=O) groups excluding carboxylic acids is 1. The Bertz CT molecular complexity index is 876. The van der Waals surface area contributed by atoms with E-state index in [0.29, 0.717) is 41.4 Å². The maximum Gasteiger partial charge on any atom is 0.335 e. The fourth-order valence-electron chi connectivity index (χ4n) is 2.88. The number of methoxy groups -OCH3 is 2. The topological polar surface area (TPSA) is 85.3 Å². The molecule has 1 heterocycles. The molecule has 1 aliphatic rings. The predicted octanol–water partition coefficient (Wildman–Crippen LogP) is 3.20. The number of rotatable bonds is 5. The second-order valence-corrected chi connectivity index (χ2v) is 6.79. The van der Waals surface area contributed by atoms with E-state index in [-0.39, 0.29) is 17.0 Å². The summed E-state index contributed by atoms with van der Waals surface area (Å²) in [5.74, 6) is 0.196. The minimum absolute atomic E-state index is 0.0162. The number of hydrogen-bond donors (Lipinski definition) is 1. The lowest BCUT2D eigenvalue weighted by molar-refractivity contribution is 0.0696. The van der Waals surface area contributed by atoms with Crippen LogP contribution in [0.2, 0.25) is 0 Å². The Morgan fingerprint density at radius 1 is 1.19 bits per heavy atom. The van der Waals surface area contributed by atoms with Gasteiger partial charge in [0.25, 0.3) is 5.91 Å². The summed E-state index contributed by atoms with van der Waals surface area (Å²) in [5, 5.41) is 9.27. The molecule has 0 spiro atoms. The maximum absolute atomic E-state index is 13.0. The van der Waals surface area contributed by atoms with E-state index in [9.17, 15) is 14.7 Å². The van der Waals surface area contributed by atoms with Crippen molar-refractivity contribution in [2.24, 2.45) is 0 Å². The smallest absolute Gasteiger partial charge is 0.335 e. The van der Waals surface area contributed by atoms with Crippen LogP contribution in [0.4, 0.5) is 0 Å². The van der Waals surface area contributed by atoms with Gasteiger partial charge < -0.3 is 24.2 Å². The summed E-state index contributed by atoms with van der Waals surface area (Å²) < 4.78 is 16.7. The number of aromatic carboxylic acids is 1. The highest BCUT2D eigenvalue weighted by Gasteiger charge is 2.27. The van der Waals surface area contributed by atoms with Gasteiger partial charge in [0, 0.05) is 12.6 Å². The van der Waals surface area contributed by atoms with Gasteiger partial charge in [-0.3, -0.25) is 4.79 Å². The molecule has 1 N–H and O–H groups in total. The molecule has 142 valence electrons. The van der Waals surface area contributed by atoms with Gasteiger partial charge in [-0.1, -0.05) is 0 Å². The number of benzene rings is 2. The Morgan fingerprint density at radius 3 is 2.44 bits per heavy atom. The largest absolute Gasteiger partial charge is 0.497 e. The molecule has 1 aliphatic heterocycles. The summed E-state index contributed by atoms with van der Waals surface area (Å²) in [6, 6.07) is 8.17. The third kappa shape index (κ3) is 4.00. The van der Waals surface area contributed by atoms with Crippen molar-refractivity contribution in [3.8, 4) is 17.2 Å². The Hall–Kier alpha value is -2.74. The quantitative estimate of drug-likeness (QED) is 0.775. The minimum Gasteiger partial charge on any atom is -0.497 e. The maximum atomic E-state index is 13.0. The van der Waals surface area contributed by atoms with Crippen molar-refractivity contribution in [2.45, 2.75) is 6.54 Å². The van der Waals surface area contributed by atoms with E-state index in [1.807, 2.05) is 12.1 Å². The van der Waals surface area contributed by atoms with E-state index in [1.165, 1.54) is 12.1 Å². The van der Waals surface area contributed by atoms with Crippen LogP contribution in [0.25, 0.3) is 0 Å². The van der Waals surface area contributed by atoms with Gasteiger partial charge >= 0.3 is 5.97 Å². The molecule has 0 unspecified atom stereocenters. The van der Waals surface area contributed by atoms with Gasteiger partial charge in [0.15, 0.2) is 0 Å². The van der Waals surface area contributed by atoms with Crippen molar-refractivity contribution in [1.82, 2.24) is 4.90 Å². The van der Waals surface area contributed by atoms with Gasteiger partial charge in [0.2, 0.25) is 0 Å². The lowest BCUT2D eigenvalue weighted by Crippen LogP contribution is -2.32. The summed E-state index contributed by atoms with van der Waals surface area (Å²) in [6.07, 6.45) is 0. The molecule has 0 aliphatic carbocycles. The Balaban J connectivity index is 1.95. The van der Waals surface area contributed by atoms with E-state index >= 15 is 0 Å². The van der Waals surface area contributed by atoms with Crippen LogP contribution < -0.4 is 14.2 Å². The number of carbonyl (C=O) groups is 2. The molecule has 27 heavy (non-hydrogen) atoms. The molecule has 0 atom stereocenters. The number of amides is 1. The highest BCUT2D eigenvalue weighted by Crippen LogP contribution is 2.34. The first kappa shape index (κ1) is 19.0. The van der Waals surface area contributed by atoms with E-state index in [1.54, 1.807) is 25.2 Å². The normalized spacial score (nSPS) is 13.4. The van der Waals surface area contributed by atoms with Crippen LogP contribution in [0.1, 0.15) is 26.3 Å².